The van der Waals surface area contributed by atoms with Crippen LogP contribution in [0.3, 0.4) is 0 Å². The summed E-state index contributed by atoms with van der Waals surface area (Å²) in [6.07, 6.45) is 4.76. The SMILES string of the molecule is Cc1noc(C)c1S(=O)(=O)Nc1cccc(C(c2c(O)c3c(oc2=O)CCCCCC3=O)C2CC2)c1. The zero-order valence-electron chi connectivity index (χ0n) is 20.2. The van der Waals surface area contributed by atoms with Gasteiger partial charge < -0.3 is 14.0 Å². The van der Waals surface area contributed by atoms with Gasteiger partial charge in [0.25, 0.3) is 10.0 Å². The fraction of sp³-hybridized carbons (Fsp3) is 0.423. The minimum Gasteiger partial charge on any atom is -0.506 e. The molecule has 2 aliphatic carbocycles. The molecule has 5 rings (SSSR count). The van der Waals surface area contributed by atoms with Gasteiger partial charge in [0.05, 0.1) is 11.1 Å². The molecule has 0 radical (unpaired) electrons. The number of hydrogen-bond acceptors (Lipinski definition) is 8. The van der Waals surface area contributed by atoms with Crippen molar-refractivity contribution in [1.82, 2.24) is 5.16 Å². The molecule has 1 atom stereocenters. The smallest absolute Gasteiger partial charge is 0.343 e. The van der Waals surface area contributed by atoms with Crippen LogP contribution in [-0.4, -0.2) is 24.5 Å². The molecule has 1 aromatic carbocycles. The largest absolute Gasteiger partial charge is 0.506 e. The molecule has 2 aliphatic rings. The number of carbonyl (C=O) groups is 1. The topological polar surface area (TPSA) is 140 Å². The van der Waals surface area contributed by atoms with E-state index in [0.717, 1.165) is 32.1 Å². The summed E-state index contributed by atoms with van der Waals surface area (Å²) in [5.41, 5.74) is 0.723. The van der Waals surface area contributed by atoms with Crippen LogP contribution in [0, 0.1) is 19.8 Å². The van der Waals surface area contributed by atoms with E-state index in [1.54, 1.807) is 31.2 Å². The number of carbonyl (C=O) groups excluding carboxylic acids is 1. The monoisotopic (exact) mass is 512 g/mol. The quantitative estimate of drug-likeness (QED) is 0.489. The third-order valence-corrected chi connectivity index (χ3v) is 8.56. The Balaban J connectivity index is 1.56. The zero-order valence-corrected chi connectivity index (χ0v) is 21.0. The number of hydrogen-bond donors (Lipinski definition) is 2. The molecule has 0 bridgehead atoms. The highest BCUT2D eigenvalue weighted by Gasteiger charge is 2.39. The molecule has 1 fully saturated rings. The molecule has 1 saturated carbocycles. The highest BCUT2D eigenvalue weighted by Crippen LogP contribution is 2.49. The first kappa shape index (κ1) is 24.3. The predicted molar refractivity (Wildman–Crippen MR) is 131 cm³/mol. The number of sulfonamides is 1. The van der Waals surface area contributed by atoms with Crippen LogP contribution >= 0.6 is 0 Å². The van der Waals surface area contributed by atoms with Gasteiger partial charge in [-0.25, -0.2) is 13.2 Å². The van der Waals surface area contributed by atoms with Gasteiger partial charge in [0.2, 0.25) is 0 Å². The van der Waals surface area contributed by atoms with E-state index in [1.807, 2.05) is 0 Å². The molecule has 2 heterocycles. The molecular weight excluding hydrogens is 484 g/mol. The van der Waals surface area contributed by atoms with Crippen LogP contribution < -0.4 is 10.3 Å². The van der Waals surface area contributed by atoms with Crippen LogP contribution in [0.4, 0.5) is 5.69 Å². The van der Waals surface area contributed by atoms with E-state index in [2.05, 4.69) is 9.88 Å². The zero-order chi connectivity index (χ0) is 25.6. The van der Waals surface area contributed by atoms with Crippen molar-refractivity contribution in [3.63, 3.8) is 0 Å². The first-order valence-corrected chi connectivity index (χ1v) is 13.6. The number of nitrogens with one attached hydrogen (secondary N) is 1. The molecule has 3 aromatic rings. The standard InChI is InChI=1S/C26H28N2O7S/c1-14-25(15(2)35-27-14)36(32,33)28-18-8-6-7-17(13-18)21(16-11-12-16)23-24(30)22-19(29)9-4-3-5-10-20(22)34-26(23)31/h6-8,13,16,21,28,30H,3-5,9-12H2,1-2H3. The Kier molecular flexibility index (Phi) is 6.23. The van der Waals surface area contributed by atoms with Gasteiger partial charge in [-0.2, -0.15) is 0 Å². The van der Waals surface area contributed by atoms with Gasteiger partial charge >= 0.3 is 5.63 Å². The molecule has 2 aromatic heterocycles. The van der Waals surface area contributed by atoms with Crippen molar-refractivity contribution in [2.24, 2.45) is 5.92 Å². The summed E-state index contributed by atoms with van der Waals surface area (Å²) >= 11 is 0. The summed E-state index contributed by atoms with van der Waals surface area (Å²) in [5, 5.41) is 15.0. The summed E-state index contributed by atoms with van der Waals surface area (Å²) in [6, 6.07) is 6.73. The van der Waals surface area contributed by atoms with Crippen LogP contribution in [0.15, 0.2) is 42.9 Å². The van der Waals surface area contributed by atoms with Crippen molar-refractivity contribution in [2.75, 3.05) is 4.72 Å². The predicted octanol–water partition coefficient (Wildman–Crippen LogP) is 4.59. The molecule has 0 spiro atoms. The third-order valence-electron chi connectivity index (χ3n) is 6.93. The minimum atomic E-state index is -3.97. The Morgan fingerprint density at radius 2 is 1.86 bits per heavy atom. The van der Waals surface area contributed by atoms with Crippen molar-refractivity contribution >= 4 is 21.5 Å². The van der Waals surface area contributed by atoms with E-state index < -0.39 is 21.6 Å². The second kappa shape index (κ2) is 9.24. The first-order valence-electron chi connectivity index (χ1n) is 12.1. The summed E-state index contributed by atoms with van der Waals surface area (Å²) in [5.74, 6) is -0.556. The number of fused-ring (bicyclic) bond motifs is 1. The molecule has 9 nitrogen and oxygen atoms in total. The van der Waals surface area contributed by atoms with Gasteiger partial charge in [0.1, 0.15) is 17.2 Å². The Bertz CT molecular complexity index is 1480. The van der Waals surface area contributed by atoms with Gasteiger partial charge in [-0.3, -0.25) is 9.52 Å². The average Bonchev–Trinajstić information content (AvgIpc) is 3.57. The molecule has 2 N–H and O–H groups in total. The van der Waals surface area contributed by atoms with E-state index in [9.17, 15) is 23.1 Å². The summed E-state index contributed by atoms with van der Waals surface area (Å²) in [4.78, 5) is 26.0. The van der Waals surface area contributed by atoms with Crippen LogP contribution in [0.1, 0.15) is 83.1 Å². The maximum atomic E-state index is 13.1. The Hall–Kier alpha value is -3.40. The summed E-state index contributed by atoms with van der Waals surface area (Å²) < 4.78 is 39.2. The highest BCUT2D eigenvalue weighted by molar-refractivity contribution is 7.92. The van der Waals surface area contributed by atoms with Crippen molar-refractivity contribution < 1.29 is 27.3 Å². The minimum absolute atomic E-state index is 0.0230. The lowest BCUT2D eigenvalue weighted by molar-refractivity contribution is 0.0968. The lowest BCUT2D eigenvalue weighted by atomic mass is 9.85. The number of aromatic hydroxyl groups is 1. The molecule has 0 aliphatic heterocycles. The Morgan fingerprint density at radius 1 is 1.11 bits per heavy atom. The number of nitrogens with zero attached hydrogens (tertiary/aromatic N) is 1. The van der Waals surface area contributed by atoms with Crippen molar-refractivity contribution in [3.05, 3.63) is 68.6 Å². The fourth-order valence-corrected chi connectivity index (χ4v) is 6.54. The Labute approximate surface area is 208 Å². The van der Waals surface area contributed by atoms with Crippen LogP contribution in [-0.2, 0) is 16.4 Å². The lowest BCUT2D eigenvalue weighted by Gasteiger charge is -2.21. The molecular formula is C26H28N2O7S. The van der Waals surface area contributed by atoms with Gasteiger partial charge in [0.15, 0.2) is 16.4 Å². The van der Waals surface area contributed by atoms with E-state index in [-0.39, 0.29) is 50.7 Å². The van der Waals surface area contributed by atoms with Gasteiger partial charge in [-0.05, 0) is 63.1 Å². The van der Waals surface area contributed by atoms with Crippen LogP contribution in [0.2, 0.25) is 0 Å². The molecule has 0 saturated heterocycles. The number of aryl methyl sites for hydroxylation is 3. The van der Waals surface area contributed by atoms with Crippen molar-refractivity contribution in [3.8, 4) is 5.75 Å². The fourth-order valence-electron chi connectivity index (χ4n) is 5.16. The van der Waals surface area contributed by atoms with E-state index in [4.69, 9.17) is 8.94 Å². The number of rotatable bonds is 6. The van der Waals surface area contributed by atoms with Gasteiger partial charge in [-0.1, -0.05) is 23.7 Å². The molecule has 10 heteroatoms. The van der Waals surface area contributed by atoms with Gasteiger partial charge in [0, 0.05) is 24.4 Å². The highest BCUT2D eigenvalue weighted by atomic mass is 32.2. The van der Waals surface area contributed by atoms with E-state index >= 15 is 0 Å². The van der Waals surface area contributed by atoms with E-state index in [0.29, 0.717) is 24.1 Å². The van der Waals surface area contributed by atoms with Crippen LogP contribution in [0.5, 0.6) is 5.75 Å². The van der Waals surface area contributed by atoms with Crippen LogP contribution in [0.25, 0.3) is 0 Å². The number of aromatic nitrogens is 1. The second-order valence-electron chi connectivity index (χ2n) is 9.63. The number of ketones is 1. The van der Waals surface area contributed by atoms with Crippen molar-refractivity contribution in [2.45, 2.75) is 69.6 Å². The normalized spacial score (nSPS) is 17.2. The number of anilines is 1. The third kappa shape index (κ3) is 4.45. The summed E-state index contributed by atoms with van der Waals surface area (Å²) in [6.45, 7) is 3.08. The maximum absolute atomic E-state index is 13.1. The van der Waals surface area contributed by atoms with Crippen molar-refractivity contribution in [1.29, 1.82) is 0 Å². The molecule has 1 unspecified atom stereocenters. The second-order valence-corrected chi connectivity index (χ2v) is 11.3. The summed E-state index contributed by atoms with van der Waals surface area (Å²) in [7, 11) is -3.97. The average molecular weight is 513 g/mol. The maximum Gasteiger partial charge on any atom is 0.343 e. The van der Waals surface area contributed by atoms with Gasteiger partial charge in [-0.15, -0.1) is 0 Å². The van der Waals surface area contributed by atoms with E-state index in [1.165, 1.54) is 6.92 Å². The Morgan fingerprint density at radius 3 is 2.56 bits per heavy atom. The molecule has 36 heavy (non-hydrogen) atoms. The first-order chi connectivity index (χ1) is 17.2. The number of Topliss-reactive ketones (excluding diaryl/α,β-unsaturated/α-hetero) is 1. The number of benzene rings is 1. The molecule has 190 valence electrons. The lowest BCUT2D eigenvalue weighted by Crippen LogP contribution is -2.21. The molecule has 0 amide bonds.